The summed E-state index contributed by atoms with van der Waals surface area (Å²) in [5.41, 5.74) is 4.03. The van der Waals surface area contributed by atoms with E-state index in [-0.39, 0.29) is 11.7 Å². The van der Waals surface area contributed by atoms with Gasteiger partial charge in [-0.15, -0.1) is 11.3 Å². The monoisotopic (exact) mass is 465 g/mol. The highest BCUT2D eigenvalue weighted by molar-refractivity contribution is 7.99. The molecule has 0 aliphatic carbocycles. The molecular formula is C24H20FN3O2S2. The van der Waals surface area contributed by atoms with Crippen LogP contribution in [0.5, 0.6) is 5.75 Å². The predicted molar refractivity (Wildman–Crippen MR) is 126 cm³/mol. The van der Waals surface area contributed by atoms with Gasteiger partial charge in [0.15, 0.2) is 16.7 Å². The maximum Gasteiger partial charge on any atom is 0.260 e. The zero-order valence-corrected chi connectivity index (χ0v) is 19.3. The fourth-order valence-electron chi connectivity index (χ4n) is 2.99. The first kappa shape index (κ1) is 22.0. The minimum absolute atomic E-state index is 0.169. The molecule has 0 saturated heterocycles. The Hall–Kier alpha value is -3.23. The van der Waals surface area contributed by atoms with E-state index in [1.165, 1.54) is 47.4 Å². The van der Waals surface area contributed by atoms with Gasteiger partial charge in [-0.05, 0) is 67.4 Å². The van der Waals surface area contributed by atoms with Crippen LogP contribution in [0.2, 0.25) is 0 Å². The summed E-state index contributed by atoms with van der Waals surface area (Å²) in [4.78, 5) is 22.8. The number of carbonyl (C=O) groups is 1. The molecule has 0 saturated carbocycles. The van der Waals surface area contributed by atoms with E-state index in [9.17, 15) is 9.18 Å². The molecule has 2 aromatic carbocycles. The van der Waals surface area contributed by atoms with Crippen LogP contribution < -0.4 is 10.1 Å². The third kappa shape index (κ3) is 4.81. The Labute approximate surface area is 193 Å². The molecule has 0 unspecified atom stereocenters. The second-order valence-corrected chi connectivity index (χ2v) is 8.97. The van der Waals surface area contributed by atoms with E-state index in [0.29, 0.717) is 27.0 Å². The molecule has 4 aromatic rings. The van der Waals surface area contributed by atoms with Crippen molar-refractivity contribution in [1.82, 2.24) is 9.97 Å². The van der Waals surface area contributed by atoms with Crippen LogP contribution in [0.1, 0.15) is 21.5 Å². The van der Waals surface area contributed by atoms with Crippen LogP contribution in [0.15, 0.2) is 70.0 Å². The normalized spacial score (nSPS) is 10.8. The van der Waals surface area contributed by atoms with Crippen LogP contribution in [0, 0.1) is 19.7 Å². The molecule has 0 spiro atoms. The number of pyridine rings is 1. The van der Waals surface area contributed by atoms with E-state index in [2.05, 4.69) is 41.3 Å². The topological polar surface area (TPSA) is 64.1 Å². The number of aryl methyl sites for hydroxylation is 2. The summed E-state index contributed by atoms with van der Waals surface area (Å²) in [6, 6.07) is 14.3. The number of nitrogens with zero attached hydrogens (tertiary/aromatic N) is 2. The number of thiazole rings is 1. The molecule has 2 heterocycles. The molecular weight excluding hydrogens is 445 g/mol. The number of halogens is 1. The quantitative estimate of drug-likeness (QED) is 0.358. The number of methoxy groups -OCH3 is 1. The second kappa shape index (κ2) is 9.50. The van der Waals surface area contributed by atoms with Crippen LogP contribution in [0.25, 0.3) is 11.3 Å². The van der Waals surface area contributed by atoms with E-state index in [4.69, 9.17) is 4.74 Å². The Kier molecular flexibility index (Phi) is 6.53. The summed E-state index contributed by atoms with van der Waals surface area (Å²) >= 11 is 2.71. The molecule has 8 heteroatoms. The first-order valence-corrected chi connectivity index (χ1v) is 11.4. The molecule has 0 aliphatic rings. The summed E-state index contributed by atoms with van der Waals surface area (Å²) in [5, 5.41) is 5.63. The number of carbonyl (C=O) groups excluding carboxylic acids is 1. The van der Waals surface area contributed by atoms with Gasteiger partial charge in [-0.1, -0.05) is 17.8 Å². The number of rotatable bonds is 6. The fraction of sp³-hybridized carbons (Fsp3) is 0.125. The highest BCUT2D eigenvalue weighted by Crippen LogP contribution is 2.32. The Morgan fingerprint density at radius 3 is 2.72 bits per heavy atom. The van der Waals surface area contributed by atoms with E-state index in [0.717, 1.165) is 4.90 Å². The summed E-state index contributed by atoms with van der Waals surface area (Å²) in [6.07, 6.45) is 1.67. The van der Waals surface area contributed by atoms with Crippen LogP contribution in [-0.2, 0) is 0 Å². The van der Waals surface area contributed by atoms with Crippen LogP contribution in [0.4, 0.5) is 9.52 Å². The SMILES string of the molecule is COc1ccc(-c2csc(NC(=O)c3cccnc3Sc3ccc(C)c(C)c3)n2)cc1F. The van der Waals surface area contributed by atoms with Gasteiger partial charge in [-0.2, -0.15) is 0 Å². The summed E-state index contributed by atoms with van der Waals surface area (Å²) in [6.45, 7) is 4.12. The summed E-state index contributed by atoms with van der Waals surface area (Å²) in [5.74, 6) is -0.596. The van der Waals surface area contributed by atoms with Gasteiger partial charge in [0.1, 0.15) is 5.03 Å². The summed E-state index contributed by atoms with van der Waals surface area (Å²) < 4.78 is 19.0. The number of hydrogen-bond acceptors (Lipinski definition) is 6. The molecule has 162 valence electrons. The van der Waals surface area contributed by atoms with Gasteiger partial charge in [0.05, 0.1) is 18.4 Å². The number of aromatic nitrogens is 2. The number of nitrogens with one attached hydrogen (secondary N) is 1. The van der Waals surface area contributed by atoms with Crippen molar-refractivity contribution in [2.75, 3.05) is 12.4 Å². The third-order valence-electron chi connectivity index (χ3n) is 4.88. The molecule has 2 aromatic heterocycles. The highest BCUT2D eigenvalue weighted by atomic mass is 32.2. The van der Waals surface area contributed by atoms with E-state index in [1.807, 2.05) is 6.07 Å². The Morgan fingerprint density at radius 1 is 1.12 bits per heavy atom. The average Bonchev–Trinajstić information content (AvgIpc) is 3.25. The Bertz CT molecular complexity index is 1290. The number of hydrogen-bond donors (Lipinski definition) is 1. The molecule has 0 bridgehead atoms. The van der Waals surface area contributed by atoms with E-state index in [1.54, 1.807) is 35.8 Å². The maximum absolute atomic E-state index is 14.0. The smallest absolute Gasteiger partial charge is 0.260 e. The van der Waals surface area contributed by atoms with Crippen molar-refractivity contribution < 1.29 is 13.9 Å². The predicted octanol–water partition coefficient (Wildman–Crippen LogP) is 6.37. The lowest BCUT2D eigenvalue weighted by Gasteiger charge is -2.09. The first-order chi connectivity index (χ1) is 15.4. The molecule has 0 aliphatic heterocycles. The van der Waals surface area contributed by atoms with Crippen molar-refractivity contribution >= 4 is 34.1 Å². The van der Waals surface area contributed by atoms with Crippen molar-refractivity contribution in [3.63, 3.8) is 0 Å². The van der Waals surface area contributed by atoms with E-state index >= 15 is 0 Å². The van der Waals surface area contributed by atoms with Crippen LogP contribution in [0.3, 0.4) is 0 Å². The Morgan fingerprint density at radius 2 is 1.97 bits per heavy atom. The van der Waals surface area contributed by atoms with Gasteiger partial charge in [0.2, 0.25) is 0 Å². The molecule has 4 rings (SSSR count). The lowest BCUT2D eigenvalue weighted by Crippen LogP contribution is -2.13. The standard InChI is InChI=1S/C24H20FN3O2S2/c1-14-6-8-17(11-15(14)2)32-23-18(5-4-10-26-23)22(29)28-24-27-20(13-31-24)16-7-9-21(30-3)19(25)12-16/h4-13H,1-3H3,(H,27,28,29). The minimum Gasteiger partial charge on any atom is -0.494 e. The number of ether oxygens (including phenoxy) is 1. The van der Waals surface area contributed by atoms with Crippen LogP contribution in [-0.4, -0.2) is 23.0 Å². The van der Waals surface area contributed by atoms with Crippen LogP contribution >= 0.6 is 23.1 Å². The van der Waals surface area contributed by atoms with Crippen molar-refractivity contribution in [2.45, 2.75) is 23.8 Å². The number of benzene rings is 2. The van der Waals surface area contributed by atoms with Gasteiger partial charge in [0.25, 0.3) is 5.91 Å². The van der Waals surface area contributed by atoms with Crippen molar-refractivity contribution in [1.29, 1.82) is 0 Å². The zero-order chi connectivity index (χ0) is 22.7. The Balaban J connectivity index is 1.53. The molecule has 0 fully saturated rings. The molecule has 32 heavy (non-hydrogen) atoms. The van der Waals surface area contributed by atoms with Gasteiger partial charge in [0, 0.05) is 22.0 Å². The van der Waals surface area contributed by atoms with E-state index < -0.39 is 5.82 Å². The highest BCUT2D eigenvalue weighted by Gasteiger charge is 2.16. The second-order valence-electron chi connectivity index (χ2n) is 7.05. The lowest BCUT2D eigenvalue weighted by molar-refractivity contribution is 0.102. The minimum atomic E-state index is -0.466. The molecule has 1 N–H and O–H groups in total. The molecule has 0 atom stereocenters. The fourth-order valence-corrected chi connectivity index (χ4v) is 4.68. The molecule has 1 amide bonds. The first-order valence-electron chi connectivity index (χ1n) is 9.75. The lowest BCUT2D eigenvalue weighted by atomic mass is 10.1. The van der Waals surface area contributed by atoms with Crippen molar-refractivity contribution in [3.8, 4) is 17.0 Å². The molecule has 0 radical (unpaired) electrons. The van der Waals surface area contributed by atoms with Gasteiger partial charge < -0.3 is 4.74 Å². The number of amides is 1. The van der Waals surface area contributed by atoms with Crippen molar-refractivity contribution in [2.24, 2.45) is 0 Å². The maximum atomic E-state index is 14.0. The van der Waals surface area contributed by atoms with Gasteiger partial charge in [-0.25, -0.2) is 14.4 Å². The largest absolute Gasteiger partial charge is 0.494 e. The van der Waals surface area contributed by atoms with Gasteiger partial charge >= 0.3 is 0 Å². The van der Waals surface area contributed by atoms with Crippen molar-refractivity contribution in [3.05, 3.63) is 82.6 Å². The molecule has 5 nitrogen and oxygen atoms in total. The number of anilines is 1. The average molecular weight is 466 g/mol. The van der Waals surface area contributed by atoms with Gasteiger partial charge in [-0.3, -0.25) is 10.1 Å². The zero-order valence-electron chi connectivity index (χ0n) is 17.7. The summed E-state index contributed by atoms with van der Waals surface area (Å²) in [7, 11) is 1.42. The third-order valence-corrected chi connectivity index (χ3v) is 6.65.